The Morgan fingerprint density at radius 2 is 2.37 bits per heavy atom. The van der Waals surface area contributed by atoms with E-state index in [9.17, 15) is 4.79 Å². The highest BCUT2D eigenvalue weighted by molar-refractivity contribution is 7.13. The van der Waals surface area contributed by atoms with Gasteiger partial charge in [0.1, 0.15) is 0 Å². The molecule has 0 radical (unpaired) electrons. The standard InChI is InChI=1S/C14H15N3OS/c1-9-8-19-14(16-9)17-13(18)11-4-2-6-12-10(11)5-3-7-15-12/h2,4,6,8,15H,3,5,7H2,1H3,(H,16,17,18). The zero-order valence-corrected chi connectivity index (χ0v) is 11.5. The molecule has 3 rings (SSSR count). The van der Waals surface area contributed by atoms with E-state index in [4.69, 9.17) is 0 Å². The first-order valence-corrected chi connectivity index (χ1v) is 7.21. The summed E-state index contributed by atoms with van der Waals surface area (Å²) in [4.78, 5) is 16.6. The summed E-state index contributed by atoms with van der Waals surface area (Å²) in [6, 6.07) is 5.82. The zero-order chi connectivity index (χ0) is 13.2. The quantitative estimate of drug-likeness (QED) is 0.884. The molecule has 2 N–H and O–H groups in total. The van der Waals surface area contributed by atoms with Crippen molar-refractivity contribution in [2.24, 2.45) is 0 Å². The number of aryl methyl sites for hydroxylation is 1. The SMILES string of the molecule is Cc1csc(NC(=O)c2cccc3c2CCCN3)n1. The maximum atomic E-state index is 12.3. The fourth-order valence-corrected chi connectivity index (χ4v) is 2.98. The number of carbonyl (C=O) groups excluding carboxylic acids is 1. The summed E-state index contributed by atoms with van der Waals surface area (Å²) in [6.45, 7) is 2.89. The molecule has 1 aliphatic rings. The summed E-state index contributed by atoms with van der Waals surface area (Å²) in [7, 11) is 0. The number of thiazole rings is 1. The van der Waals surface area contributed by atoms with Gasteiger partial charge in [0.25, 0.3) is 5.91 Å². The summed E-state index contributed by atoms with van der Waals surface area (Å²) in [5.41, 5.74) is 3.86. The third kappa shape index (κ3) is 2.46. The van der Waals surface area contributed by atoms with Gasteiger partial charge in [0.2, 0.25) is 0 Å². The predicted octanol–water partition coefficient (Wildman–Crippen LogP) is 3.06. The Kier molecular flexibility index (Phi) is 3.21. The first kappa shape index (κ1) is 12.2. The molecule has 0 saturated heterocycles. The number of hydrogen-bond acceptors (Lipinski definition) is 4. The van der Waals surface area contributed by atoms with Gasteiger partial charge in [0.15, 0.2) is 5.13 Å². The van der Waals surface area contributed by atoms with Gasteiger partial charge in [0.05, 0.1) is 5.69 Å². The average molecular weight is 273 g/mol. The monoisotopic (exact) mass is 273 g/mol. The molecule has 1 aromatic heterocycles. The van der Waals surface area contributed by atoms with E-state index in [1.54, 1.807) is 0 Å². The van der Waals surface area contributed by atoms with E-state index in [0.29, 0.717) is 5.13 Å². The van der Waals surface area contributed by atoms with E-state index in [0.717, 1.165) is 41.9 Å². The first-order valence-electron chi connectivity index (χ1n) is 6.33. The number of benzene rings is 1. The molecule has 2 aromatic rings. The highest BCUT2D eigenvalue weighted by Crippen LogP contribution is 2.26. The lowest BCUT2D eigenvalue weighted by atomic mass is 9.97. The Labute approximate surface area is 115 Å². The van der Waals surface area contributed by atoms with Gasteiger partial charge in [-0.15, -0.1) is 11.3 Å². The van der Waals surface area contributed by atoms with Gasteiger partial charge in [-0.05, 0) is 37.5 Å². The molecule has 0 saturated carbocycles. The molecule has 1 amide bonds. The largest absolute Gasteiger partial charge is 0.385 e. The number of anilines is 2. The maximum absolute atomic E-state index is 12.3. The van der Waals surface area contributed by atoms with Crippen LogP contribution < -0.4 is 10.6 Å². The summed E-state index contributed by atoms with van der Waals surface area (Å²) in [5, 5.41) is 8.79. The lowest BCUT2D eigenvalue weighted by molar-refractivity contribution is 0.102. The van der Waals surface area contributed by atoms with Crippen LogP contribution in [0.3, 0.4) is 0 Å². The third-order valence-electron chi connectivity index (χ3n) is 3.18. The third-order valence-corrected chi connectivity index (χ3v) is 4.05. The van der Waals surface area contributed by atoms with Crippen LogP contribution >= 0.6 is 11.3 Å². The molecule has 1 aromatic carbocycles. The van der Waals surface area contributed by atoms with Crippen LogP contribution in [-0.4, -0.2) is 17.4 Å². The second-order valence-electron chi connectivity index (χ2n) is 4.61. The fraction of sp³-hybridized carbons (Fsp3) is 0.286. The number of aromatic nitrogens is 1. The summed E-state index contributed by atoms with van der Waals surface area (Å²) >= 11 is 1.45. The summed E-state index contributed by atoms with van der Waals surface area (Å²) < 4.78 is 0. The Hall–Kier alpha value is -1.88. The number of hydrogen-bond donors (Lipinski definition) is 2. The molecule has 0 aliphatic carbocycles. The van der Waals surface area contributed by atoms with Gasteiger partial charge in [-0.3, -0.25) is 10.1 Å². The van der Waals surface area contributed by atoms with Crippen molar-refractivity contribution in [1.82, 2.24) is 4.98 Å². The summed E-state index contributed by atoms with van der Waals surface area (Å²) in [5.74, 6) is -0.0742. The number of rotatable bonds is 2. The first-order chi connectivity index (χ1) is 9.24. The zero-order valence-electron chi connectivity index (χ0n) is 10.7. The molecular formula is C14H15N3OS. The molecular weight excluding hydrogens is 258 g/mol. The van der Waals surface area contributed by atoms with E-state index in [-0.39, 0.29) is 5.91 Å². The minimum Gasteiger partial charge on any atom is -0.385 e. The second kappa shape index (κ2) is 5.01. The van der Waals surface area contributed by atoms with Crippen molar-refractivity contribution in [1.29, 1.82) is 0 Å². The molecule has 0 spiro atoms. The lowest BCUT2D eigenvalue weighted by Gasteiger charge is -2.20. The number of fused-ring (bicyclic) bond motifs is 1. The van der Waals surface area contributed by atoms with Crippen LogP contribution in [-0.2, 0) is 6.42 Å². The molecule has 1 aliphatic heterocycles. The molecule has 0 fully saturated rings. The normalized spacial score (nSPS) is 13.5. The smallest absolute Gasteiger partial charge is 0.257 e. The molecule has 4 nitrogen and oxygen atoms in total. The van der Waals surface area contributed by atoms with E-state index in [1.165, 1.54) is 11.3 Å². The molecule has 0 bridgehead atoms. The topological polar surface area (TPSA) is 54.0 Å². The van der Waals surface area contributed by atoms with E-state index in [2.05, 4.69) is 15.6 Å². The number of nitrogens with one attached hydrogen (secondary N) is 2. The average Bonchev–Trinajstić information content (AvgIpc) is 2.83. The van der Waals surface area contributed by atoms with Gasteiger partial charge < -0.3 is 5.32 Å². The van der Waals surface area contributed by atoms with E-state index < -0.39 is 0 Å². The van der Waals surface area contributed by atoms with E-state index in [1.807, 2.05) is 30.5 Å². The number of carbonyl (C=O) groups is 1. The molecule has 5 heteroatoms. The maximum Gasteiger partial charge on any atom is 0.257 e. The van der Waals surface area contributed by atoms with Crippen molar-refractivity contribution < 1.29 is 4.79 Å². The number of nitrogens with zero attached hydrogens (tertiary/aromatic N) is 1. The van der Waals surface area contributed by atoms with Gasteiger partial charge in [-0.25, -0.2) is 4.98 Å². The van der Waals surface area contributed by atoms with Crippen molar-refractivity contribution >= 4 is 28.1 Å². The number of amides is 1. The van der Waals surface area contributed by atoms with Crippen molar-refractivity contribution in [3.63, 3.8) is 0 Å². The Morgan fingerprint density at radius 3 is 3.16 bits per heavy atom. The van der Waals surface area contributed by atoms with Crippen molar-refractivity contribution in [2.75, 3.05) is 17.2 Å². The molecule has 2 heterocycles. The molecule has 19 heavy (non-hydrogen) atoms. The van der Waals surface area contributed by atoms with Crippen molar-refractivity contribution in [2.45, 2.75) is 19.8 Å². The van der Waals surface area contributed by atoms with E-state index >= 15 is 0 Å². The highest BCUT2D eigenvalue weighted by atomic mass is 32.1. The Balaban J connectivity index is 1.87. The van der Waals surface area contributed by atoms with Crippen LogP contribution in [0.1, 0.15) is 28.0 Å². The fourth-order valence-electron chi connectivity index (χ4n) is 2.30. The predicted molar refractivity (Wildman–Crippen MR) is 78.1 cm³/mol. The second-order valence-corrected chi connectivity index (χ2v) is 5.47. The molecule has 0 atom stereocenters. The molecule has 98 valence electrons. The van der Waals surface area contributed by atoms with Crippen LogP contribution in [0.25, 0.3) is 0 Å². The lowest BCUT2D eigenvalue weighted by Crippen LogP contribution is -2.19. The van der Waals surface area contributed by atoms with Crippen molar-refractivity contribution in [3.05, 3.63) is 40.4 Å². The van der Waals surface area contributed by atoms with Crippen LogP contribution in [0.4, 0.5) is 10.8 Å². The Morgan fingerprint density at radius 1 is 1.47 bits per heavy atom. The van der Waals surface area contributed by atoms with Gasteiger partial charge in [-0.1, -0.05) is 6.07 Å². The van der Waals surface area contributed by atoms with Crippen LogP contribution in [0.15, 0.2) is 23.6 Å². The van der Waals surface area contributed by atoms with Gasteiger partial charge in [-0.2, -0.15) is 0 Å². The minimum atomic E-state index is -0.0742. The molecule has 0 unspecified atom stereocenters. The van der Waals surface area contributed by atoms with Crippen LogP contribution in [0, 0.1) is 6.92 Å². The Bertz CT molecular complexity index is 621. The minimum absolute atomic E-state index is 0.0742. The van der Waals surface area contributed by atoms with Gasteiger partial charge in [0, 0.05) is 23.2 Å². The van der Waals surface area contributed by atoms with Crippen molar-refractivity contribution in [3.8, 4) is 0 Å². The van der Waals surface area contributed by atoms with Crippen LogP contribution in [0.2, 0.25) is 0 Å². The van der Waals surface area contributed by atoms with Gasteiger partial charge >= 0.3 is 0 Å². The van der Waals surface area contributed by atoms with Crippen LogP contribution in [0.5, 0.6) is 0 Å². The highest BCUT2D eigenvalue weighted by Gasteiger charge is 2.17. The summed E-state index contributed by atoms with van der Waals surface area (Å²) in [6.07, 6.45) is 2.01.